The summed E-state index contributed by atoms with van der Waals surface area (Å²) < 4.78 is 39.7. The fraction of sp³-hybridized carbons (Fsp3) is 0.115. The van der Waals surface area contributed by atoms with Crippen LogP contribution in [0.25, 0.3) is 5.57 Å². The summed E-state index contributed by atoms with van der Waals surface area (Å²) in [5.74, 6) is -0.188. The van der Waals surface area contributed by atoms with Crippen LogP contribution in [0.4, 0.5) is 10.5 Å². The summed E-state index contributed by atoms with van der Waals surface area (Å²) in [6.07, 6.45) is 0. The Morgan fingerprint density at radius 1 is 0.925 bits per heavy atom. The maximum absolute atomic E-state index is 13.6. The van der Waals surface area contributed by atoms with Crippen molar-refractivity contribution in [2.75, 3.05) is 11.7 Å². The van der Waals surface area contributed by atoms with Crippen molar-refractivity contribution in [3.05, 3.63) is 86.2 Å². The second-order valence-electron chi connectivity index (χ2n) is 8.88. The highest BCUT2D eigenvalue weighted by molar-refractivity contribution is 8.18. The van der Waals surface area contributed by atoms with E-state index in [1.165, 1.54) is 23.1 Å². The number of ether oxygens (including phenoxy) is 2. The molecule has 40 heavy (non-hydrogen) atoms. The highest BCUT2D eigenvalue weighted by atomic mass is 35.5. The van der Waals surface area contributed by atoms with Crippen molar-refractivity contribution in [2.45, 2.75) is 18.0 Å². The Hall–Kier alpha value is -3.55. The first kappa shape index (κ1) is 26.7. The third-order valence-electron chi connectivity index (χ3n) is 6.37. The van der Waals surface area contributed by atoms with Crippen molar-refractivity contribution in [3.63, 3.8) is 0 Å². The number of nitrogens with zero attached hydrogens (tertiary/aromatic N) is 1. The summed E-state index contributed by atoms with van der Waals surface area (Å²) in [6, 6.07) is 14.2. The molecule has 3 aromatic rings. The summed E-state index contributed by atoms with van der Waals surface area (Å²) in [7, 11) is -4.05. The van der Waals surface area contributed by atoms with Gasteiger partial charge in [-0.05, 0) is 65.4 Å². The summed E-state index contributed by atoms with van der Waals surface area (Å²) in [5.41, 5.74) is 1.83. The van der Waals surface area contributed by atoms with Crippen LogP contribution in [0.2, 0.25) is 10.0 Å². The van der Waals surface area contributed by atoms with Gasteiger partial charge in [-0.2, -0.15) is 0 Å². The van der Waals surface area contributed by atoms with Gasteiger partial charge in [0.05, 0.1) is 37.7 Å². The monoisotopic (exact) mass is 617 g/mol. The van der Waals surface area contributed by atoms with E-state index in [0.29, 0.717) is 50.1 Å². The number of imide groups is 1. The van der Waals surface area contributed by atoms with E-state index >= 15 is 0 Å². The van der Waals surface area contributed by atoms with Crippen molar-refractivity contribution in [2.24, 2.45) is 0 Å². The van der Waals surface area contributed by atoms with Gasteiger partial charge < -0.3 is 14.4 Å². The Bertz CT molecular complexity index is 1780. The van der Waals surface area contributed by atoms with Crippen LogP contribution < -0.4 is 24.4 Å². The van der Waals surface area contributed by atoms with E-state index in [1.54, 1.807) is 36.4 Å². The molecule has 3 aliphatic rings. The molecule has 3 aromatic carbocycles. The number of anilines is 1. The van der Waals surface area contributed by atoms with E-state index in [0.717, 1.165) is 0 Å². The number of rotatable bonds is 6. The first-order chi connectivity index (χ1) is 19.1. The van der Waals surface area contributed by atoms with Gasteiger partial charge in [-0.1, -0.05) is 35.3 Å². The molecule has 0 atom stereocenters. The van der Waals surface area contributed by atoms with E-state index in [2.05, 4.69) is 10.0 Å². The molecule has 0 unspecified atom stereocenters. The average molecular weight is 618 g/mol. The lowest BCUT2D eigenvalue weighted by atomic mass is 10.1. The Morgan fingerprint density at radius 2 is 1.70 bits per heavy atom. The number of carbonyl (C=O) groups is 3. The molecule has 2 N–H and O–H groups in total. The van der Waals surface area contributed by atoms with E-state index in [1.807, 2.05) is 0 Å². The number of benzene rings is 3. The molecule has 0 radical (unpaired) electrons. The molecule has 0 aromatic heterocycles. The molecule has 10 nitrogen and oxygen atoms in total. The van der Waals surface area contributed by atoms with Crippen molar-refractivity contribution in [1.82, 2.24) is 10.0 Å². The smallest absolute Gasteiger partial charge is 0.290 e. The minimum absolute atomic E-state index is 0.0286. The molecule has 1 saturated heterocycles. The van der Waals surface area contributed by atoms with E-state index in [-0.39, 0.29) is 40.8 Å². The molecule has 0 saturated carbocycles. The van der Waals surface area contributed by atoms with Gasteiger partial charge in [-0.15, -0.1) is 0 Å². The van der Waals surface area contributed by atoms with Crippen molar-refractivity contribution in [1.29, 1.82) is 0 Å². The molecule has 0 spiro atoms. The number of thioether (sulfide) groups is 1. The molecule has 3 aliphatic heterocycles. The van der Waals surface area contributed by atoms with Gasteiger partial charge >= 0.3 is 0 Å². The second kappa shape index (κ2) is 10.1. The standard InChI is InChI=1S/C26H17Cl2N3O7S2/c27-17-4-1-14(7-18(17)28)11-31-19-5-3-15(9-16(19)22(25(31)33)23-24(32)30-26(34)39-23)40(35,36)29-10-13-2-6-20-21(8-13)38-12-37-20/h1-9,29H,10-12H2,(H,30,32,34). The van der Waals surface area contributed by atoms with Crippen LogP contribution in [-0.4, -0.2) is 32.3 Å². The third-order valence-corrected chi connectivity index (χ3v) is 9.39. The van der Waals surface area contributed by atoms with Crippen LogP contribution in [0.15, 0.2) is 64.4 Å². The van der Waals surface area contributed by atoms with Gasteiger partial charge in [0, 0.05) is 12.1 Å². The number of hydrogen-bond acceptors (Lipinski definition) is 8. The van der Waals surface area contributed by atoms with Crippen LogP contribution in [0.5, 0.6) is 11.5 Å². The Kier molecular flexibility index (Phi) is 6.75. The summed E-state index contributed by atoms with van der Waals surface area (Å²) in [6.45, 7) is 0.132. The molecule has 1 fully saturated rings. The number of carbonyl (C=O) groups excluding carboxylic acids is 3. The van der Waals surface area contributed by atoms with Crippen LogP contribution in [0, 0.1) is 0 Å². The summed E-state index contributed by atoms with van der Waals surface area (Å²) in [5, 5.41) is 2.17. The Balaban J connectivity index is 1.35. The SMILES string of the molecule is O=C1NC(=O)C(=C2C(=O)N(Cc3ccc(Cl)c(Cl)c3)c3ccc(S(=O)(=O)NCc4ccc5c(c4)OCO5)cc32)S1. The molecule has 3 heterocycles. The largest absolute Gasteiger partial charge is 0.454 e. The van der Waals surface area contributed by atoms with Gasteiger partial charge in [0.15, 0.2) is 11.5 Å². The molecule has 14 heteroatoms. The normalized spacial score (nSPS) is 17.9. The summed E-state index contributed by atoms with van der Waals surface area (Å²) >= 11 is 12.8. The van der Waals surface area contributed by atoms with Crippen LogP contribution >= 0.6 is 35.0 Å². The van der Waals surface area contributed by atoms with E-state index < -0.39 is 27.1 Å². The molecule has 3 amide bonds. The predicted octanol–water partition coefficient (Wildman–Crippen LogP) is 4.44. The molecule has 0 bridgehead atoms. The van der Waals surface area contributed by atoms with Crippen molar-refractivity contribution >= 4 is 73.3 Å². The fourth-order valence-electron chi connectivity index (χ4n) is 4.47. The number of halogens is 2. The average Bonchev–Trinajstić information content (AvgIpc) is 3.60. The van der Waals surface area contributed by atoms with Gasteiger partial charge in [0.25, 0.3) is 17.1 Å². The van der Waals surface area contributed by atoms with Crippen molar-refractivity contribution < 1.29 is 32.3 Å². The highest BCUT2D eigenvalue weighted by Gasteiger charge is 2.40. The van der Waals surface area contributed by atoms with Crippen LogP contribution in [0.3, 0.4) is 0 Å². The fourth-order valence-corrected chi connectivity index (χ4v) is 6.60. The lowest BCUT2D eigenvalue weighted by molar-refractivity contribution is -0.116. The molecular weight excluding hydrogens is 601 g/mol. The molecular formula is C26H17Cl2N3O7S2. The number of amides is 3. The number of sulfonamides is 1. The number of hydrogen-bond donors (Lipinski definition) is 2. The number of nitrogens with one attached hydrogen (secondary N) is 2. The maximum atomic E-state index is 13.6. The predicted molar refractivity (Wildman–Crippen MR) is 149 cm³/mol. The minimum atomic E-state index is -4.05. The second-order valence-corrected chi connectivity index (χ2v) is 12.4. The molecule has 204 valence electrons. The lowest BCUT2D eigenvalue weighted by Crippen LogP contribution is -2.26. The zero-order valence-electron chi connectivity index (χ0n) is 20.2. The quantitative estimate of drug-likeness (QED) is 0.388. The summed E-state index contributed by atoms with van der Waals surface area (Å²) in [4.78, 5) is 39.3. The molecule has 0 aliphatic carbocycles. The number of fused-ring (bicyclic) bond motifs is 2. The van der Waals surface area contributed by atoms with Gasteiger partial charge in [0.1, 0.15) is 0 Å². The lowest BCUT2D eigenvalue weighted by Gasteiger charge is -2.18. The Labute approximate surface area is 242 Å². The van der Waals surface area contributed by atoms with Crippen molar-refractivity contribution in [3.8, 4) is 11.5 Å². The van der Waals surface area contributed by atoms with Gasteiger partial charge in [0.2, 0.25) is 16.8 Å². The first-order valence-corrected chi connectivity index (χ1v) is 14.7. The van der Waals surface area contributed by atoms with Gasteiger partial charge in [-0.3, -0.25) is 19.7 Å². The zero-order chi connectivity index (χ0) is 28.2. The maximum Gasteiger partial charge on any atom is 0.290 e. The third kappa shape index (κ3) is 4.82. The highest BCUT2D eigenvalue weighted by Crippen LogP contribution is 2.44. The molecule has 6 rings (SSSR count). The van der Waals surface area contributed by atoms with E-state index in [4.69, 9.17) is 32.7 Å². The van der Waals surface area contributed by atoms with Crippen LogP contribution in [0.1, 0.15) is 16.7 Å². The topological polar surface area (TPSA) is 131 Å². The van der Waals surface area contributed by atoms with Gasteiger partial charge in [-0.25, -0.2) is 13.1 Å². The Morgan fingerprint density at radius 3 is 2.45 bits per heavy atom. The zero-order valence-corrected chi connectivity index (χ0v) is 23.3. The minimum Gasteiger partial charge on any atom is -0.454 e. The van der Waals surface area contributed by atoms with Crippen LogP contribution in [-0.2, 0) is 32.7 Å². The van der Waals surface area contributed by atoms with E-state index in [9.17, 15) is 22.8 Å². The first-order valence-electron chi connectivity index (χ1n) is 11.7.